The first kappa shape index (κ1) is 23.2. The van der Waals surface area contributed by atoms with Crippen LogP contribution in [0.5, 0.6) is 11.5 Å². The monoisotopic (exact) mass is 504 g/mol. The number of aromatic nitrogens is 2. The topological polar surface area (TPSA) is 51.6 Å². The van der Waals surface area contributed by atoms with Crippen LogP contribution in [0.4, 0.5) is 5.69 Å². The van der Waals surface area contributed by atoms with Crippen molar-refractivity contribution in [1.82, 2.24) is 14.9 Å². The molecule has 3 heterocycles. The Balaban J connectivity index is 1.71. The van der Waals surface area contributed by atoms with E-state index < -0.39 is 0 Å². The fourth-order valence-electron chi connectivity index (χ4n) is 4.55. The van der Waals surface area contributed by atoms with E-state index >= 15 is 0 Å². The Morgan fingerprint density at radius 2 is 1.86 bits per heavy atom. The Bertz CT molecular complexity index is 1370. The number of nitrogens with zero attached hydrogens (tertiary/aromatic N) is 3. The van der Waals surface area contributed by atoms with Crippen molar-refractivity contribution in [2.24, 2.45) is 0 Å². The number of benzene rings is 2. The number of hydrogen-bond acceptors (Lipinski definition) is 4. The van der Waals surface area contributed by atoms with Crippen molar-refractivity contribution in [2.75, 3.05) is 19.1 Å². The van der Waals surface area contributed by atoms with Gasteiger partial charge in [0.1, 0.15) is 17.5 Å². The van der Waals surface area contributed by atoms with E-state index in [4.69, 9.17) is 33.3 Å². The van der Waals surface area contributed by atoms with Crippen LogP contribution in [-0.4, -0.2) is 28.9 Å². The lowest BCUT2D eigenvalue weighted by atomic mass is 10.0. The first-order chi connectivity index (χ1) is 17.0. The molecule has 4 aromatic rings. The highest BCUT2D eigenvalue weighted by Gasteiger charge is 2.43. The summed E-state index contributed by atoms with van der Waals surface area (Å²) in [6.45, 7) is 2.01. The third-order valence-electron chi connectivity index (χ3n) is 6.25. The number of rotatable bonds is 6. The molecule has 0 radical (unpaired) electrons. The van der Waals surface area contributed by atoms with E-state index in [0.29, 0.717) is 16.6 Å². The van der Waals surface area contributed by atoms with Crippen LogP contribution in [0.1, 0.15) is 29.0 Å². The van der Waals surface area contributed by atoms with Crippen LogP contribution in [0.3, 0.4) is 0 Å². The van der Waals surface area contributed by atoms with Crippen LogP contribution in [0.25, 0.3) is 5.69 Å². The lowest BCUT2D eigenvalue weighted by Crippen LogP contribution is -2.30. The number of thiocarbonyl (C=S) groups is 1. The molecule has 0 aliphatic carbocycles. The van der Waals surface area contributed by atoms with Gasteiger partial charge in [-0.1, -0.05) is 17.7 Å². The highest BCUT2D eigenvalue weighted by atomic mass is 35.5. The molecule has 5 rings (SSSR count). The van der Waals surface area contributed by atoms with E-state index in [0.717, 1.165) is 33.3 Å². The second kappa shape index (κ2) is 9.60. The minimum Gasteiger partial charge on any atom is -0.497 e. The van der Waals surface area contributed by atoms with Crippen molar-refractivity contribution in [1.29, 1.82) is 0 Å². The number of methoxy groups -OCH3 is 2. The molecular formula is C27H25ClN4O2S. The Morgan fingerprint density at radius 3 is 2.57 bits per heavy atom. The molecule has 1 aliphatic rings. The predicted molar refractivity (Wildman–Crippen MR) is 143 cm³/mol. The van der Waals surface area contributed by atoms with Crippen LogP contribution in [0, 0.1) is 6.92 Å². The van der Waals surface area contributed by atoms with Crippen molar-refractivity contribution in [3.05, 3.63) is 101 Å². The van der Waals surface area contributed by atoms with Gasteiger partial charge in [-0.15, -0.1) is 0 Å². The number of halogens is 1. The molecule has 8 heteroatoms. The summed E-state index contributed by atoms with van der Waals surface area (Å²) >= 11 is 12.2. The molecule has 0 amide bonds. The molecule has 0 bridgehead atoms. The molecule has 0 spiro atoms. The molecule has 1 N–H and O–H groups in total. The van der Waals surface area contributed by atoms with Gasteiger partial charge in [-0.2, -0.15) is 0 Å². The van der Waals surface area contributed by atoms with E-state index in [-0.39, 0.29) is 12.1 Å². The summed E-state index contributed by atoms with van der Waals surface area (Å²) in [5.74, 6) is 1.41. The van der Waals surface area contributed by atoms with E-state index in [9.17, 15) is 0 Å². The number of aryl methyl sites for hydroxylation is 1. The molecule has 1 saturated heterocycles. The van der Waals surface area contributed by atoms with E-state index in [1.54, 1.807) is 20.4 Å². The predicted octanol–water partition coefficient (Wildman–Crippen LogP) is 6.03. The number of pyridine rings is 1. The Labute approximate surface area is 215 Å². The van der Waals surface area contributed by atoms with Crippen molar-refractivity contribution < 1.29 is 9.47 Å². The first-order valence-electron chi connectivity index (χ1n) is 11.2. The molecule has 1 aliphatic heterocycles. The summed E-state index contributed by atoms with van der Waals surface area (Å²) in [6, 6.07) is 21.4. The smallest absolute Gasteiger partial charge is 0.174 e. The van der Waals surface area contributed by atoms with Gasteiger partial charge in [-0.05, 0) is 79.3 Å². The standard InChI is InChI=1S/C27H25ClN4O2S/c1-17-15-18(9-11-20(17)28)31-14-6-8-22(31)26-25(21-7-4-5-13-29-21)30-27(35)32(26)23-16-19(33-2)10-12-24(23)34-3/h4-16,25-26H,1-3H3,(H,30,35). The minimum atomic E-state index is -0.218. The zero-order valence-corrected chi connectivity index (χ0v) is 21.2. The van der Waals surface area contributed by atoms with Crippen LogP contribution >= 0.6 is 23.8 Å². The number of nitrogens with one attached hydrogen (secondary N) is 1. The lowest BCUT2D eigenvalue weighted by Gasteiger charge is -2.30. The SMILES string of the molecule is COc1ccc(OC)c(N2C(=S)NC(c3ccccn3)C2c2cccn2-c2ccc(Cl)c(C)c2)c1. The van der Waals surface area contributed by atoms with E-state index in [1.807, 2.05) is 61.5 Å². The van der Waals surface area contributed by atoms with E-state index in [2.05, 4.69) is 38.1 Å². The molecule has 2 aromatic heterocycles. The van der Waals surface area contributed by atoms with Crippen LogP contribution in [0.15, 0.2) is 79.1 Å². The van der Waals surface area contributed by atoms with Crippen molar-refractivity contribution in [3.8, 4) is 17.2 Å². The summed E-state index contributed by atoms with van der Waals surface area (Å²) in [4.78, 5) is 6.74. The average molecular weight is 505 g/mol. The van der Waals surface area contributed by atoms with E-state index in [1.165, 1.54) is 0 Å². The maximum Gasteiger partial charge on any atom is 0.174 e. The normalized spacial score (nSPS) is 17.4. The van der Waals surface area contributed by atoms with Gasteiger partial charge in [0.2, 0.25) is 0 Å². The van der Waals surface area contributed by atoms with Gasteiger partial charge in [-0.25, -0.2) is 0 Å². The largest absolute Gasteiger partial charge is 0.497 e. The molecule has 2 aromatic carbocycles. The zero-order chi connectivity index (χ0) is 24.5. The lowest BCUT2D eigenvalue weighted by molar-refractivity contribution is 0.402. The van der Waals surface area contributed by atoms with Crippen molar-refractivity contribution >= 4 is 34.6 Å². The van der Waals surface area contributed by atoms with Crippen molar-refractivity contribution in [3.63, 3.8) is 0 Å². The first-order valence-corrected chi connectivity index (χ1v) is 12.0. The molecule has 1 fully saturated rings. The van der Waals surface area contributed by atoms with Gasteiger partial charge in [-0.3, -0.25) is 4.98 Å². The van der Waals surface area contributed by atoms with Crippen LogP contribution in [0.2, 0.25) is 5.02 Å². The maximum absolute atomic E-state index is 6.32. The molecule has 0 saturated carbocycles. The van der Waals surface area contributed by atoms with Crippen molar-refractivity contribution in [2.45, 2.75) is 19.0 Å². The second-order valence-corrected chi connectivity index (χ2v) is 9.06. The molecular weight excluding hydrogens is 480 g/mol. The van der Waals surface area contributed by atoms with Gasteiger partial charge in [0, 0.05) is 34.9 Å². The minimum absolute atomic E-state index is 0.193. The molecule has 2 atom stereocenters. The zero-order valence-electron chi connectivity index (χ0n) is 19.6. The van der Waals surface area contributed by atoms with Crippen LogP contribution < -0.4 is 19.7 Å². The second-order valence-electron chi connectivity index (χ2n) is 8.27. The summed E-state index contributed by atoms with van der Waals surface area (Å²) in [7, 11) is 3.30. The summed E-state index contributed by atoms with van der Waals surface area (Å²) in [5.41, 5.74) is 4.77. The Morgan fingerprint density at radius 1 is 1.00 bits per heavy atom. The highest BCUT2D eigenvalue weighted by molar-refractivity contribution is 7.80. The van der Waals surface area contributed by atoms with Crippen LogP contribution in [-0.2, 0) is 0 Å². The highest BCUT2D eigenvalue weighted by Crippen LogP contribution is 2.46. The molecule has 2 unspecified atom stereocenters. The maximum atomic E-state index is 6.32. The molecule has 178 valence electrons. The summed E-state index contributed by atoms with van der Waals surface area (Å²) in [5, 5.41) is 4.83. The van der Waals surface area contributed by atoms with Gasteiger partial charge in [0.25, 0.3) is 0 Å². The Kier molecular flexibility index (Phi) is 6.36. The quantitative estimate of drug-likeness (QED) is 0.324. The van der Waals surface area contributed by atoms with Gasteiger partial charge >= 0.3 is 0 Å². The molecule has 35 heavy (non-hydrogen) atoms. The fourth-order valence-corrected chi connectivity index (χ4v) is 5.01. The number of anilines is 1. The average Bonchev–Trinajstić information content (AvgIpc) is 3.50. The van der Waals surface area contributed by atoms with Gasteiger partial charge in [0.05, 0.1) is 31.6 Å². The molecule has 6 nitrogen and oxygen atoms in total. The van der Waals surface area contributed by atoms with Gasteiger partial charge < -0.3 is 24.3 Å². The fraction of sp³-hybridized carbons (Fsp3) is 0.185. The number of hydrogen-bond donors (Lipinski definition) is 1. The summed E-state index contributed by atoms with van der Waals surface area (Å²) < 4.78 is 13.4. The summed E-state index contributed by atoms with van der Waals surface area (Å²) in [6.07, 6.45) is 3.85. The third-order valence-corrected chi connectivity index (χ3v) is 6.99. The number of ether oxygens (including phenoxy) is 2. The Hall–Kier alpha value is -3.55. The third kappa shape index (κ3) is 4.22. The van der Waals surface area contributed by atoms with Gasteiger partial charge in [0.15, 0.2) is 5.11 Å².